The highest BCUT2D eigenvalue weighted by Gasteiger charge is 1.92. The van der Waals surface area contributed by atoms with Crippen molar-refractivity contribution in [3.8, 4) is 0 Å². The highest BCUT2D eigenvalue weighted by atomic mass is 14.8. The highest BCUT2D eigenvalue weighted by Crippen LogP contribution is 2.10. The topological polar surface area (TPSA) is 12.0 Å². The summed E-state index contributed by atoms with van der Waals surface area (Å²) in [5.41, 5.74) is 1.17. The van der Waals surface area contributed by atoms with Gasteiger partial charge < -0.3 is 5.32 Å². The van der Waals surface area contributed by atoms with Gasteiger partial charge in [0, 0.05) is 12.7 Å². The summed E-state index contributed by atoms with van der Waals surface area (Å²) < 4.78 is 0. The zero-order chi connectivity index (χ0) is 15.6. The lowest BCUT2D eigenvalue weighted by molar-refractivity contribution is 0.606. The lowest BCUT2D eigenvalue weighted by atomic mass is 10.1. The molecule has 1 nitrogen and oxygen atoms in total. The fourth-order valence-corrected chi connectivity index (χ4v) is 2.53. The molecule has 1 N–H and O–H groups in total. The van der Waals surface area contributed by atoms with Crippen LogP contribution in [0.1, 0.15) is 96.8 Å². The van der Waals surface area contributed by atoms with Crippen LogP contribution >= 0.6 is 0 Å². The Kier molecular flexibility index (Phi) is 16.7. The van der Waals surface area contributed by atoms with Gasteiger partial charge in [-0.15, -0.1) is 0 Å². The Hall–Kier alpha value is -0.720. The van der Waals surface area contributed by atoms with Crippen molar-refractivity contribution >= 4 is 0 Å². The van der Waals surface area contributed by atoms with Gasteiger partial charge in [-0.25, -0.2) is 0 Å². The van der Waals surface area contributed by atoms with Crippen molar-refractivity contribution in [3.05, 3.63) is 24.4 Å². The van der Waals surface area contributed by atoms with Gasteiger partial charge in [0.2, 0.25) is 0 Å². The Morgan fingerprint density at radius 2 is 1.24 bits per heavy atom. The van der Waals surface area contributed by atoms with Gasteiger partial charge in [-0.2, -0.15) is 0 Å². The Labute approximate surface area is 134 Å². The molecule has 0 aromatic heterocycles. The molecule has 124 valence electrons. The fourth-order valence-electron chi connectivity index (χ4n) is 2.53. The van der Waals surface area contributed by atoms with Gasteiger partial charge in [-0.3, -0.25) is 0 Å². The van der Waals surface area contributed by atoms with E-state index in [2.05, 4.69) is 31.0 Å². The number of unbranched alkanes of at least 4 members (excludes halogenated alkanes) is 11. The molecule has 21 heavy (non-hydrogen) atoms. The molecule has 0 amide bonds. The van der Waals surface area contributed by atoms with E-state index in [1.54, 1.807) is 0 Å². The molecular weight excluding hydrogens is 254 g/mol. The summed E-state index contributed by atoms with van der Waals surface area (Å²) in [4.78, 5) is 0. The van der Waals surface area contributed by atoms with Crippen molar-refractivity contribution in [1.29, 1.82) is 0 Å². The summed E-state index contributed by atoms with van der Waals surface area (Å²) in [6, 6.07) is 0. The first-order chi connectivity index (χ1) is 10.3. The molecule has 0 aromatic rings. The maximum atomic E-state index is 3.96. The van der Waals surface area contributed by atoms with Crippen molar-refractivity contribution in [2.45, 2.75) is 96.8 Å². The lowest BCUT2D eigenvalue weighted by Crippen LogP contribution is -2.03. The number of allylic oxidation sites excluding steroid dienone is 3. The van der Waals surface area contributed by atoms with Gasteiger partial charge in [-0.05, 0) is 38.5 Å². The van der Waals surface area contributed by atoms with E-state index in [0.717, 1.165) is 6.42 Å². The second-order valence-corrected chi connectivity index (χ2v) is 6.19. The van der Waals surface area contributed by atoms with Crippen LogP contribution in [0.4, 0.5) is 0 Å². The first kappa shape index (κ1) is 20.3. The van der Waals surface area contributed by atoms with E-state index < -0.39 is 0 Å². The number of nitrogens with one attached hydrogen (secondary N) is 1. The Morgan fingerprint density at radius 1 is 0.762 bits per heavy atom. The van der Waals surface area contributed by atoms with Crippen molar-refractivity contribution in [2.75, 3.05) is 7.05 Å². The standard InChI is InChI=1S/C20H39N/c1-4-5-6-7-8-9-10-11-12-13-14-15-16-17-18-19-20(2)21-3/h11-12,21H,2,4-10,13-19H2,1,3H3/b12-11-. The minimum Gasteiger partial charge on any atom is -0.392 e. The molecule has 0 atom stereocenters. The van der Waals surface area contributed by atoms with Gasteiger partial charge in [0.25, 0.3) is 0 Å². The van der Waals surface area contributed by atoms with Crippen LogP contribution in [0.15, 0.2) is 24.4 Å². The largest absolute Gasteiger partial charge is 0.392 e. The molecular formula is C20H39N. The van der Waals surface area contributed by atoms with E-state index in [-0.39, 0.29) is 0 Å². The maximum absolute atomic E-state index is 3.96. The first-order valence-electron chi connectivity index (χ1n) is 9.31. The molecule has 0 aliphatic heterocycles. The average molecular weight is 294 g/mol. The second-order valence-electron chi connectivity index (χ2n) is 6.19. The number of hydrogen-bond donors (Lipinski definition) is 1. The fraction of sp³-hybridized carbons (Fsp3) is 0.800. The smallest absolute Gasteiger partial charge is 0.00310 e. The molecule has 0 fully saturated rings. The summed E-state index contributed by atoms with van der Waals surface area (Å²) in [6.45, 7) is 6.24. The highest BCUT2D eigenvalue weighted by molar-refractivity contribution is 4.88. The van der Waals surface area contributed by atoms with Crippen molar-refractivity contribution < 1.29 is 0 Å². The van der Waals surface area contributed by atoms with Crippen LogP contribution < -0.4 is 5.32 Å². The molecule has 0 bridgehead atoms. The lowest BCUT2D eigenvalue weighted by Gasteiger charge is -2.03. The zero-order valence-corrected chi connectivity index (χ0v) is 14.8. The van der Waals surface area contributed by atoms with Gasteiger partial charge >= 0.3 is 0 Å². The third kappa shape index (κ3) is 17.2. The molecule has 0 aliphatic carbocycles. The van der Waals surface area contributed by atoms with E-state index in [4.69, 9.17) is 0 Å². The SMILES string of the molecule is C=C(CCCCCCC/C=C\CCCCCCCC)NC. The molecule has 0 saturated heterocycles. The third-order valence-corrected chi connectivity index (χ3v) is 4.09. The van der Waals surface area contributed by atoms with Gasteiger partial charge in [-0.1, -0.05) is 77.0 Å². The molecule has 0 unspecified atom stereocenters. The van der Waals surface area contributed by atoms with Crippen LogP contribution in [0.25, 0.3) is 0 Å². The van der Waals surface area contributed by atoms with E-state index in [9.17, 15) is 0 Å². The van der Waals surface area contributed by atoms with E-state index in [1.165, 1.54) is 89.2 Å². The van der Waals surface area contributed by atoms with Crippen LogP contribution in [-0.2, 0) is 0 Å². The summed E-state index contributed by atoms with van der Waals surface area (Å²) in [5.74, 6) is 0. The summed E-state index contributed by atoms with van der Waals surface area (Å²) in [7, 11) is 1.96. The van der Waals surface area contributed by atoms with E-state index >= 15 is 0 Å². The average Bonchev–Trinajstić information content (AvgIpc) is 2.50. The molecule has 1 heteroatoms. The summed E-state index contributed by atoms with van der Waals surface area (Å²) in [5, 5.41) is 3.11. The van der Waals surface area contributed by atoms with Gasteiger partial charge in [0.1, 0.15) is 0 Å². The van der Waals surface area contributed by atoms with E-state index in [0.29, 0.717) is 0 Å². The number of rotatable bonds is 16. The molecule has 0 rings (SSSR count). The predicted octanol–water partition coefficient (Wildman–Crippen LogP) is 6.76. The normalized spacial score (nSPS) is 11.1. The Bertz CT molecular complexity index is 242. The van der Waals surface area contributed by atoms with Crippen molar-refractivity contribution in [1.82, 2.24) is 5.32 Å². The predicted molar refractivity (Wildman–Crippen MR) is 97.7 cm³/mol. The minimum atomic E-state index is 1.13. The zero-order valence-electron chi connectivity index (χ0n) is 14.8. The molecule has 0 aliphatic rings. The second kappa shape index (κ2) is 17.3. The molecule has 0 radical (unpaired) electrons. The van der Waals surface area contributed by atoms with Crippen LogP contribution in [-0.4, -0.2) is 7.05 Å². The maximum Gasteiger partial charge on any atom is 0.00310 e. The van der Waals surface area contributed by atoms with Crippen molar-refractivity contribution in [3.63, 3.8) is 0 Å². The molecule has 0 saturated carbocycles. The number of hydrogen-bond acceptors (Lipinski definition) is 1. The Balaban J connectivity index is 3.10. The van der Waals surface area contributed by atoms with Crippen LogP contribution in [0, 0.1) is 0 Å². The van der Waals surface area contributed by atoms with Gasteiger partial charge in [0.15, 0.2) is 0 Å². The quantitative estimate of drug-likeness (QED) is 0.245. The molecule has 0 spiro atoms. The monoisotopic (exact) mass is 293 g/mol. The van der Waals surface area contributed by atoms with Crippen LogP contribution in [0.3, 0.4) is 0 Å². The van der Waals surface area contributed by atoms with Crippen molar-refractivity contribution in [2.24, 2.45) is 0 Å². The van der Waals surface area contributed by atoms with Gasteiger partial charge in [0.05, 0.1) is 0 Å². The van der Waals surface area contributed by atoms with Crippen LogP contribution in [0.5, 0.6) is 0 Å². The van der Waals surface area contributed by atoms with E-state index in [1.807, 2.05) is 7.05 Å². The molecule has 0 aromatic carbocycles. The summed E-state index contributed by atoms with van der Waals surface area (Å²) in [6.07, 6.45) is 23.7. The Morgan fingerprint density at radius 3 is 1.76 bits per heavy atom. The summed E-state index contributed by atoms with van der Waals surface area (Å²) >= 11 is 0. The molecule has 0 heterocycles. The third-order valence-electron chi connectivity index (χ3n) is 4.09. The van der Waals surface area contributed by atoms with Crippen LogP contribution in [0.2, 0.25) is 0 Å². The minimum absolute atomic E-state index is 1.13. The first-order valence-corrected chi connectivity index (χ1v) is 9.31.